The molecule has 0 saturated carbocycles. The lowest BCUT2D eigenvalue weighted by molar-refractivity contribution is 0.389. The molecule has 4 nitrogen and oxygen atoms in total. The highest BCUT2D eigenvalue weighted by Crippen LogP contribution is 2.27. The molecule has 2 heterocycles. The molecule has 1 aromatic carbocycles. The Morgan fingerprint density at radius 1 is 1.35 bits per heavy atom. The fourth-order valence-corrected chi connectivity index (χ4v) is 2.81. The highest BCUT2D eigenvalue weighted by Gasteiger charge is 2.21. The van der Waals surface area contributed by atoms with Crippen molar-refractivity contribution < 1.29 is 4.74 Å². The van der Waals surface area contributed by atoms with Crippen molar-refractivity contribution in [3.05, 3.63) is 30.5 Å². The predicted octanol–water partition coefficient (Wildman–Crippen LogP) is 2.80. The summed E-state index contributed by atoms with van der Waals surface area (Å²) >= 11 is 0. The second-order valence-corrected chi connectivity index (χ2v) is 5.38. The molecule has 0 bridgehead atoms. The Hall–Kier alpha value is -1.81. The van der Waals surface area contributed by atoms with Gasteiger partial charge in [0.1, 0.15) is 11.6 Å². The summed E-state index contributed by atoms with van der Waals surface area (Å²) in [6.45, 7) is 3.33. The number of benzene rings is 1. The van der Waals surface area contributed by atoms with E-state index in [0.29, 0.717) is 12.1 Å². The highest BCUT2D eigenvalue weighted by atomic mass is 16.5. The number of nitrogens with zero attached hydrogens (tertiary/aromatic N) is 1. The number of hydrogen-bond acceptors (Lipinski definition) is 4. The summed E-state index contributed by atoms with van der Waals surface area (Å²) in [5, 5.41) is 9.40. The number of methoxy groups -OCH3 is 1. The van der Waals surface area contributed by atoms with Gasteiger partial charge in [-0.1, -0.05) is 6.07 Å². The second-order valence-electron chi connectivity index (χ2n) is 5.38. The van der Waals surface area contributed by atoms with E-state index in [1.807, 2.05) is 24.4 Å². The summed E-state index contributed by atoms with van der Waals surface area (Å²) < 4.78 is 5.32. The first-order chi connectivity index (χ1) is 9.78. The molecule has 106 valence electrons. The van der Waals surface area contributed by atoms with Crippen LogP contribution in [0.2, 0.25) is 0 Å². The fourth-order valence-electron chi connectivity index (χ4n) is 2.81. The number of pyridine rings is 1. The minimum absolute atomic E-state index is 0.424. The molecular formula is C16H21N3O. The Balaban J connectivity index is 1.93. The van der Waals surface area contributed by atoms with E-state index in [9.17, 15) is 0 Å². The molecule has 1 aliphatic rings. The Morgan fingerprint density at radius 3 is 3.05 bits per heavy atom. The maximum Gasteiger partial charge on any atom is 0.134 e. The SMILES string of the molecule is COc1ccc2ccnc(NC3CCCNC3C)c2c1. The first kappa shape index (κ1) is 13.2. The summed E-state index contributed by atoms with van der Waals surface area (Å²) in [5.74, 6) is 1.81. The van der Waals surface area contributed by atoms with Gasteiger partial charge in [0.15, 0.2) is 0 Å². The molecule has 2 aromatic rings. The zero-order valence-corrected chi connectivity index (χ0v) is 12.0. The summed E-state index contributed by atoms with van der Waals surface area (Å²) in [5.41, 5.74) is 0. The molecule has 1 fully saturated rings. The molecule has 0 amide bonds. The van der Waals surface area contributed by atoms with E-state index >= 15 is 0 Å². The molecule has 3 rings (SSSR count). The molecule has 1 saturated heterocycles. The Kier molecular flexibility index (Phi) is 3.74. The number of hydrogen-bond donors (Lipinski definition) is 2. The topological polar surface area (TPSA) is 46.2 Å². The molecule has 2 unspecified atom stereocenters. The van der Waals surface area contributed by atoms with Gasteiger partial charge < -0.3 is 15.4 Å². The van der Waals surface area contributed by atoms with Crippen LogP contribution < -0.4 is 15.4 Å². The Bertz CT molecular complexity index is 599. The van der Waals surface area contributed by atoms with E-state index in [1.54, 1.807) is 7.11 Å². The third kappa shape index (κ3) is 2.56. The third-order valence-electron chi connectivity index (χ3n) is 4.06. The van der Waals surface area contributed by atoms with Crippen LogP contribution in [-0.2, 0) is 0 Å². The van der Waals surface area contributed by atoms with Crippen LogP contribution in [0.3, 0.4) is 0 Å². The molecule has 4 heteroatoms. The first-order valence-electron chi connectivity index (χ1n) is 7.20. The number of nitrogens with one attached hydrogen (secondary N) is 2. The van der Waals surface area contributed by atoms with E-state index in [-0.39, 0.29) is 0 Å². The van der Waals surface area contributed by atoms with Crippen molar-refractivity contribution in [2.45, 2.75) is 31.8 Å². The second kappa shape index (κ2) is 5.67. The fraction of sp³-hybridized carbons (Fsp3) is 0.438. The number of fused-ring (bicyclic) bond motifs is 1. The lowest BCUT2D eigenvalue weighted by Crippen LogP contribution is -2.46. The lowest BCUT2D eigenvalue weighted by atomic mass is 9.99. The molecule has 2 atom stereocenters. The number of rotatable bonds is 3. The van der Waals surface area contributed by atoms with Gasteiger partial charge in [0.25, 0.3) is 0 Å². The average Bonchev–Trinajstić information content (AvgIpc) is 2.49. The van der Waals surface area contributed by atoms with Gasteiger partial charge in [-0.25, -0.2) is 4.98 Å². The van der Waals surface area contributed by atoms with Crippen molar-refractivity contribution in [2.24, 2.45) is 0 Å². The van der Waals surface area contributed by atoms with E-state index in [2.05, 4.69) is 28.6 Å². The van der Waals surface area contributed by atoms with E-state index in [0.717, 1.165) is 23.5 Å². The zero-order valence-electron chi connectivity index (χ0n) is 12.0. The van der Waals surface area contributed by atoms with Crippen molar-refractivity contribution in [2.75, 3.05) is 19.0 Å². The van der Waals surface area contributed by atoms with Gasteiger partial charge in [-0.3, -0.25) is 0 Å². The number of piperidine rings is 1. The van der Waals surface area contributed by atoms with Crippen molar-refractivity contribution >= 4 is 16.6 Å². The molecule has 2 N–H and O–H groups in total. The average molecular weight is 271 g/mol. The maximum atomic E-state index is 5.32. The normalized spacial score (nSPS) is 22.7. The van der Waals surface area contributed by atoms with Crippen LogP contribution in [0.25, 0.3) is 10.8 Å². The van der Waals surface area contributed by atoms with Gasteiger partial charge in [-0.05, 0) is 49.9 Å². The van der Waals surface area contributed by atoms with Crippen LogP contribution in [0.1, 0.15) is 19.8 Å². The number of aromatic nitrogens is 1. The smallest absolute Gasteiger partial charge is 0.134 e. The molecule has 0 radical (unpaired) electrons. The number of ether oxygens (including phenoxy) is 1. The lowest BCUT2D eigenvalue weighted by Gasteiger charge is -2.31. The van der Waals surface area contributed by atoms with E-state index in [1.165, 1.54) is 18.2 Å². The maximum absolute atomic E-state index is 5.32. The van der Waals surface area contributed by atoms with Crippen LogP contribution in [0.5, 0.6) is 5.75 Å². The summed E-state index contributed by atoms with van der Waals surface area (Å²) in [4.78, 5) is 4.52. The van der Waals surface area contributed by atoms with Gasteiger partial charge in [-0.15, -0.1) is 0 Å². The third-order valence-corrected chi connectivity index (χ3v) is 4.06. The Morgan fingerprint density at radius 2 is 2.25 bits per heavy atom. The van der Waals surface area contributed by atoms with Crippen LogP contribution in [0.4, 0.5) is 5.82 Å². The molecule has 0 spiro atoms. The van der Waals surface area contributed by atoms with Gasteiger partial charge in [-0.2, -0.15) is 0 Å². The van der Waals surface area contributed by atoms with Crippen molar-refractivity contribution in [3.8, 4) is 5.75 Å². The van der Waals surface area contributed by atoms with Crippen LogP contribution >= 0.6 is 0 Å². The number of anilines is 1. The van der Waals surface area contributed by atoms with Gasteiger partial charge in [0.05, 0.1) is 7.11 Å². The molecular weight excluding hydrogens is 250 g/mol. The van der Waals surface area contributed by atoms with E-state index < -0.39 is 0 Å². The van der Waals surface area contributed by atoms with E-state index in [4.69, 9.17) is 4.74 Å². The van der Waals surface area contributed by atoms with Crippen LogP contribution in [-0.4, -0.2) is 30.7 Å². The van der Waals surface area contributed by atoms with Gasteiger partial charge in [0.2, 0.25) is 0 Å². The minimum atomic E-state index is 0.424. The molecule has 0 aliphatic carbocycles. The van der Waals surface area contributed by atoms with Gasteiger partial charge >= 0.3 is 0 Å². The molecule has 1 aliphatic heterocycles. The van der Waals surface area contributed by atoms with Crippen molar-refractivity contribution in [1.82, 2.24) is 10.3 Å². The Labute approximate surface area is 119 Å². The summed E-state index contributed by atoms with van der Waals surface area (Å²) in [6, 6.07) is 9.02. The van der Waals surface area contributed by atoms with Gasteiger partial charge in [0, 0.05) is 23.7 Å². The molecule has 20 heavy (non-hydrogen) atoms. The predicted molar refractivity (Wildman–Crippen MR) is 82.4 cm³/mol. The summed E-state index contributed by atoms with van der Waals surface area (Å²) in [7, 11) is 1.69. The largest absolute Gasteiger partial charge is 0.497 e. The summed E-state index contributed by atoms with van der Waals surface area (Å²) in [6.07, 6.45) is 4.24. The zero-order chi connectivity index (χ0) is 13.9. The highest BCUT2D eigenvalue weighted by molar-refractivity contribution is 5.92. The van der Waals surface area contributed by atoms with Crippen LogP contribution in [0.15, 0.2) is 30.5 Å². The van der Waals surface area contributed by atoms with Crippen molar-refractivity contribution in [1.29, 1.82) is 0 Å². The molecule has 1 aromatic heterocycles. The monoisotopic (exact) mass is 271 g/mol. The minimum Gasteiger partial charge on any atom is -0.497 e. The standard InChI is InChI=1S/C16H21N3O/c1-11-15(4-3-8-17-11)19-16-14-10-13(20-2)6-5-12(14)7-9-18-16/h5-7,9-11,15,17H,3-4,8H2,1-2H3,(H,18,19). The van der Waals surface area contributed by atoms with Crippen LogP contribution in [0, 0.1) is 0 Å². The quantitative estimate of drug-likeness (QED) is 0.901. The first-order valence-corrected chi connectivity index (χ1v) is 7.20. The van der Waals surface area contributed by atoms with Crippen molar-refractivity contribution in [3.63, 3.8) is 0 Å².